The van der Waals surface area contributed by atoms with Gasteiger partial charge in [0.1, 0.15) is 18.1 Å². The van der Waals surface area contributed by atoms with E-state index < -0.39 is 11.9 Å². The third-order valence-electron chi connectivity index (χ3n) is 4.50. The number of carbonyl (C=O) groups is 3. The molecule has 172 valence electrons. The lowest BCUT2D eigenvalue weighted by Crippen LogP contribution is -2.36. The topological polar surface area (TPSA) is 123 Å². The second-order valence-corrected chi connectivity index (χ2v) is 7.06. The van der Waals surface area contributed by atoms with E-state index in [1.807, 2.05) is 0 Å². The Morgan fingerprint density at radius 1 is 1.06 bits per heavy atom. The lowest BCUT2D eigenvalue weighted by atomic mass is 10.1. The van der Waals surface area contributed by atoms with Crippen LogP contribution in [0.15, 0.2) is 66.8 Å². The molecule has 8 heteroatoms. The predicted octanol–water partition coefficient (Wildman–Crippen LogP) is 3.17. The Morgan fingerprint density at radius 3 is 2.21 bits per heavy atom. The third-order valence-corrected chi connectivity index (χ3v) is 4.50. The molecule has 2 aromatic rings. The minimum absolute atomic E-state index is 0.0700. The first kappa shape index (κ1) is 25.1. The van der Waals surface area contributed by atoms with Crippen LogP contribution >= 0.6 is 0 Å². The van der Waals surface area contributed by atoms with Gasteiger partial charge in [-0.3, -0.25) is 15.0 Å². The molecule has 0 heterocycles. The molecule has 0 bridgehead atoms. The summed E-state index contributed by atoms with van der Waals surface area (Å²) < 4.78 is 10.2. The number of benzene rings is 2. The molecule has 0 saturated carbocycles. The van der Waals surface area contributed by atoms with Gasteiger partial charge in [0.25, 0.3) is 5.91 Å². The van der Waals surface area contributed by atoms with E-state index >= 15 is 0 Å². The highest BCUT2D eigenvalue weighted by Gasteiger charge is 2.18. The first-order valence-corrected chi connectivity index (χ1v) is 10.3. The van der Waals surface area contributed by atoms with E-state index in [9.17, 15) is 14.4 Å². The highest BCUT2D eigenvalue weighted by atomic mass is 16.5. The molecule has 0 unspecified atom stereocenters. The summed E-state index contributed by atoms with van der Waals surface area (Å²) in [5.74, 6) is -1.08. The van der Waals surface area contributed by atoms with E-state index in [4.69, 9.17) is 20.6 Å². The highest BCUT2D eigenvalue weighted by Crippen LogP contribution is 2.16. The van der Waals surface area contributed by atoms with Gasteiger partial charge in [-0.2, -0.15) is 0 Å². The lowest BCUT2D eigenvalue weighted by molar-refractivity contribution is -0.143. The van der Waals surface area contributed by atoms with Crippen LogP contribution in [0, 0.1) is 5.41 Å². The van der Waals surface area contributed by atoms with Crippen molar-refractivity contribution in [3.8, 4) is 5.75 Å². The lowest BCUT2D eigenvalue weighted by Gasteiger charge is -2.20. The third kappa shape index (κ3) is 7.46. The van der Waals surface area contributed by atoms with E-state index in [1.165, 1.54) is 11.0 Å². The summed E-state index contributed by atoms with van der Waals surface area (Å²) >= 11 is 0. The number of hydrogen-bond donors (Lipinski definition) is 2. The van der Waals surface area contributed by atoms with E-state index in [1.54, 1.807) is 68.5 Å². The van der Waals surface area contributed by atoms with E-state index in [0.29, 0.717) is 28.0 Å². The maximum absolute atomic E-state index is 12.7. The van der Waals surface area contributed by atoms with Gasteiger partial charge in [-0.05, 0) is 61.9 Å². The molecule has 2 aromatic carbocycles. The molecular weight excluding hydrogens is 422 g/mol. The molecule has 8 nitrogen and oxygen atoms in total. The zero-order valence-electron chi connectivity index (χ0n) is 18.7. The Balaban J connectivity index is 2.07. The number of hydrogen-bond acceptors (Lipinski definition) is 6. The fourth-order valence-corrected chi connectivity index (χ4v) is 2.84. The summed E-state index contributed by atoms with van der Waals surface area (Å²) in [7, 11) is 0. The molecule has 0 aliphatic carbocycles. The Bertz CT molecular complexity index is 1060. The summed E-state index contributed by atoms with van der Waals surface area (Å²) in [4.78, 5) is 38.2. The number of amides is 1. The highest BCUT2D eigenvalue weighted by molar-refractivity contribution is 5.97. The van der Waals surface area contributed by atoms with Crippen LogP contribution in [0.1, 0.15) is 35.3 Å². The Hall–Kier alpha value is -4.20. The largest absolute Gasteiger partial charge is 0.465 e. The van der Waals surface area contributed by atoms with Crippen LogP contribution in [0.5, 0.6) is 5.75 Å². The smallest absolute Gasteiger partial charge is 0.339 e. The van der Waals surface area contributed by atoms with E-state index in [-0.39, 0.29) is 31.4 Å². The molecule has 0 radical (unpaired) electrons. The SMILES string of the molecule is C=CCN(CC(=O)OCC)C(=O)c1ccc(C=C(C)C(=O)Oc2ccc(C(=N)N)cc2)cc1. The van der Waals surface area contributed by atoms with Crippen molar-refractivity contribution in [1.82, 2.24) is 4.90 Å². The standard InChI is InChI=1S/C25H27N3O5/c1-4-14-28(16-22(29)32-5-2)24(30)20-8-6-18(7-9-20)15-17(3)25(31)33-21-12-10-19(11-13-21)23(26)27/h4,6-13,15H,1,5,14,16H2,2-3H3,(H3,26,27). The molecule has 2 rings (SSSR count). The molecular formula is C25H27N3O5. The van der Waals surface area contributed by atoms with Crippen LogP contribution in [-0.4, -0.2) is 48.3 Å². The van der Waals surface area contributed by atoms with Crippen LogP contribution in [-0.2, 0) is 14.3 Å². The quantitative estimate of drug-likeness (QED) is 0.143. The molecule has 0 aliphatic heterocycles. The number of amidine groups is 1. The van der Waals surface area contributed by atoms with Crippen LogP contribution < -0.4 is 10.5 Å². The number of carbonyl (C=O) groups excluding carboxylic acids is 3. The Labute approximate surface area is 192 Å². The van der Waals surface area contributed by atoms with Crippen molar-refractivity contribution in [2.24, 2.45) is 5.73 Å². The molecule has 0 aliphatic rings. The van der Waals surface area contributed by atoms with Gasteiger partial charge in [-0.25, -0.2) is 4.79 Å². The van der Waals surface area contributed by atoms with Gasteiger partial charge < -0.3 is 20.1 Å². The number of nitrogens with two attached hydrogens (primary N) is 1. The summed E-state index contributed by atoms with van der Waals surface area (Å²) in [6.07, 6.45) is 3.18. The van der Waals surface area contributed by atoms with Crippen molar-refractivity contribution < 1.29 is 23.9 Å². The summed E-state index contributed by atoms with van der Waals surface area (Å²) in [6.45, 7) is 7.22. The summed E-state index contributed by atoms with van der Waals surface area (Å²) in [5.41, 5.74) is 7.40. The molecule has 0 saturated heterocycles. The fraction of sp³-hybridized carbons (Fsp3) is 0.200. The first-order chi connectivity index (χ1) is 15.7. The molecule has 1 amide bonds. The maximum Gasteiger partial charge on any atom is 0.339 e. The van der Waals surface area contributed by atoms with E-state index in [0.717, 1.165) is 0 Å². The number of ether oxygens (including phenoxy) is 2. The van der Waals surface area contributed by atoms with Crippen LogP contribution in [0.3, 0.4) is 0 Å². The van der Waals surface area contributed by atoms with Gasteiger partial charge in [0, 0.05) is 23.2 Å². The second kappa shape index (κ2) is 12.0. The summed E-state index contributed by atoms with van der Waals surface area (Å²) in [6, 6.07) is 12.9. The first-order valence-electron chi connectivity index (χ1n) is 10.3. The number of nitrogen functional groups attached to an aromatic ring is 1. The van der Waals surface area contributed by atoms with Crippen molar-refractivity contribution >= 4 is 29.8 Å². The maximum atomic E-state index is 12.7. The van der Waals surface area contributed by atoms with Gasteiger partial charge in [0.15, 0.2) is 0 Å². The molecule has 3 N–H and O–H groups in total. The van der Waals surface area contributed by atoms with Crippen molar-refractivity contribution in [2.75, 3.05) is 19.7 Å². The molecule has 0 atom stereocenters. The molecule has 0 aromatic heterocycles. The average Bonchev–Trinajstić information content (AvgIpc) is 2.79. The second-order valence-electron chi connectivity index (χ2n) is 7.06. The average molecular weight is 450 g/mol. The number of nitrogens with one attached hydrogen (secondary N) is 1. The monoisotopic (exact) mass is 449 g/mol. The van der Waals surface area contributed by atoms with Crippen LogP contribution in [0.4, 0.5) is 0 Å². The van der Waals surface area contributed by atoms with Crippen LogP contribution in [0.2, 0.25) is 0 Å². The van der Waals surface area contributed by atoms with Crippen molar-refractivity contribution in [3.63, 3.8) is 0 Å². The number of nitrogens with zero attached hydrogens (tertiary/aromatic N) is 1. The van der Waals surface area contributed by atoms with Crippen LogP contribution in [0.25, 0.3) is 6.08 Å². The fourth-order valence-electron chi connectivity index (χ4n) is 2.84. The summed E-state index contributed by atoms with van der Waals surface area (Å²) in [5, 5.41) is 7.39. The van der Waals surface area contributed by atoms with Gasteiger partial charge in [-0.1, -0.05) is 18.2 Å². The molecule has 33 heavy (non-hydrogen) atoms. The number of rotatable bonds is 10. The van der Waals surface area contributed by atoms with Crippen molar-refractivity contribution in [3.05, 3.63) is 83.4 Å². The zero-order chi connectivity index (χ0) is 24.4. The predicted molar refractivity (Wildman–Crippen MR) is 126 cm³/mol. The van der Waals surface area contributed by atoms with Gasteiger partial charge in [0.2, 0.25) is 0 Å². The minimum Gasteiger partial charge on any atom is -0.465 e. The van der Waals surface area contributed by atoms with Gasteiger partial charge in [0.05, 0.1) is 6.61 Å². The van der Waals surface area contributed by atoms with Crippen molar-refractivity contribution in [1.29, 1.82) is 5.41 Å². The van der Waals surface area contributed by atoms with Crippen molar-refractivity contribution in [2.45, 2.75) is 13.8 Å². The molecule has 0 fully saturated rings. The van der Waals surface area contributed by atoms with Gasteiger partial charge in [-0.15, -0.1) is 6.58 Å². The van der Waals surface area contributed by atoms with Gasteiger partial charge >= 0.3 is 11.9 Å². The Morgan fingerprint density at radius 2 is 1.67 bits per heavy atom. The minimum atomic E-state index is -0.530. The molecule has 0 spiro atoms. The normalized spacial score (nSPS) is 10.8. The number of esters is 2. The van der Waals surface area contributed by atoms with E-state index in [2.05, 4.69) is 6.58 Å². The zero-order valence-corrected chi connectivity index (χ0v) is 18.7. The Kier molecular flexibility index (Phi) is 9.11.